The topological polar surface area (TPSA) is 77.5 Å². The second-order valence-electron chi connectivity index (χ2n) is 6.44. The molecule has 1 saturated heterocycles. The van der Waals surface area contributed by atoms with E-state index in [4.69, 9.17) is 0 Å². The number of aromatic hydroxyl groups is 1. The Labute approximate surface area is 151 Å². The quantitative estimate of drug-likeness (QED) is 0.793. The molecular formula is C20H20N4O2. The normalized spacial score (nSPS) is 21.3. The summed E-state index contributed by atoms with van der Waals surface area (Å²) in [4.78, 5) is 16.3. The fraction of sp³-hybridized carbons (Fsp3) is 0.200. The molecule has 1 amide bonds. The summed E-state index contributed by atoms with van der Waals surface area (Å²) in [7, 11) is 0. The van der Waals surface area contributed by atoms with Crippen molar-refractivity contribution in [2.75, 3.05) is 11.6 Å². The lowest BCUT2D eigenvalue weighted by Crippen LogP contribution is -2.41. The molecule has 4 rings (SSSR count). The highest BCUT2D eigenvalue weighted by Gasteiger charge is 2.36. The van der Waals surface area contributed by atoms with E-state index in [0.717, 1.165) is 11.4 Å². The Morgan fingerprint density at radius 3 is 2.96 bits per heavy atom. The van der Waals surface area contributed by atoms with E-state index in [2.05, 4.69) is 45.9 Å². The van der Waals surface area contributed by atoms with Crippen LogP contribution in [0.2, 0.25) is 0 Å². The minimum atomic E-state index is -0.333. The number of benzene rings is 1. The molecule has 0 saturated carbocycles. The largest absolute Gasteiger partial charge is 0.493 e. The number of nitrogens with one attached hydrogen (secondary N) is 2. The number of carbonyl (C=O) groups excluding carboxylic acids is 1. The summed E-state index contributed by atoms with van der Waals surface area (Å²) >= 11 is 0. The number of pyridine rings is 1. The van der Waals surface area contributed by atoms with E-state index >= 15 is 0 Å². The molecule has 1 unspecified atom stereocenters. The van der Waals surface area contributed by atoms with Crippen molar-refractivity contribution >= 4 is 11.6 Å². The number of nitrogens with zero attached hydrogens (tertiary/aromatic N) is 2. The number of anilines is 1. The van der Waals surface area contributed by atoms with Crippen LogP contribution in [0.25, 0.3) is 0 Å². The van der Waals surface area contributed by atoms with E-state index in [9.17, 15) is 9.90 Å². The number of carbonyl (C=O) groups is 1. The van der Waals surface area contributed by atoms with Crippen molar-refractivity contribution in [2.45, 2.75) is 13.0 Å². The standard InChI is InChI=1S/C20H20N4O2/c1-13-6-2-3-9-17(13)24-18-10-4-8-16(15(18)12-22-24)23-20(26)14-7-5-11-21-19(14)25/h2-11,15-16,22H,12H2,1H3,(H,21,25)(H,23,26)/t15?,16-/m1/s1. The summed E-state index contributed by atoms with van der Waals surface area (Å²) in [5.41, 5.74) is 7.00. The molecule has 26 heavy (non-hydrogen) atoms. The van der Waals surface area contributed by atoms with Crippen molar-refractivity contribution in [3.63, 3.8) is 0 Å². The smallest absolute Gasteiger partial charge is 0.257 e. The van der Waals surface area contributed by atoms with E-state index in [1.165, 1.54) is 11.8 Å². The van der Waals surface area contributed by atoms with Gasteiger partial charge in [0.25, 0.3) is 5.91 Å². The van der Waals surface area contributed by atoms with Crippen molar-refractivity contribution in [1.82, 2.24) is 15.7 Å². The summed E-state index contributed by atoms with van der Waals surface area (Å²) in [6.07, 6.45) is 7.45. The minimum absolute atomic E-state index is 0.113. The highest BCUT2D eigenvalue weighted by Crippen LogP contribution is 2.33. The third kappa shape index (κ3) is 2.84. The maximum absolute atomic E-state index is 12.5. The third-order valence-electron chi connectivity index (χ3n) is 4.81. The van der Waals surface area contributed by atoms with Crippen molar-refractivity contribution in [2.24, 2.45) is 5.92 Å². The number of hydrogen-bond donors (Lipinski definition) is 3. The lowest BCUT2D eigenvalue weighted by Gasteiger charge is -2.28. The highest BCUT2D eigenvalue weighted by molar-refractivity contribution is 5.96. The maximum atomic E-state index is 12.5. The second kappa shape index (κ2) is 6.65. The van der Waals surface area contributed by atoms with Gasteiger partial charge >= 0.3 is 0 Å². The number of aryl methyl sites for hydroxylation is 1. The van der Waals surface area contributed by atoms with Crippen LogP contribution in [0.5, 0.6) is 5.88 Å². The zero-order valence-electron chi connectivity index (χ0n) is 14.4. The molecule has 6 heteroatoms. The van der Waals surface area contributed by atoms with E-state index in [1.54, 1.807) is 12.1 Å². The van der Waals surface area contributed by atoms with Gasteiger partial charge in [0, 0.05) is 24.4 Å². The summed E-state index contributed by atoms with van der Waals surface area (Å²) in [6, 6.07) is 11.2. The van der Waals surface area contributed by atoms with Gasteiger partial charge in [0.05, 0.1) is 11.7 Å². The van der Waals surface area contributed by atoms with Crippen LogP contribution in [-0.4, -0.2) is 28.6 Å². The Bertz CT molecular complexity index is 906. The molecule has 0 spiro atoms. The van der Waals surface area contributed by atoms with Gasteiger partial charge < -0.3 is 10.4 Å². The zero-order chi connectivity index (χ0) is 18.1. The lowest BCUT2D eigenvalue weighted by atomic mass is 9.92. The van der Waals surface area contributed by atoms with Gasteiger partial charge in [-0.15, -0.1) is 0 Å². The van der Waals surface area contributed by atoms with E-state index in [-0.39, 0.29) is 29.3 Å². The van der Waals surface area contributed by atoms with Crippen LogP contribution in [0.3, 0.4) is 0 Å². The molecular weight excluding hydrogens is 328 g/mol. The minimum Gasteiger partial charge on any atom is -0.493 e. The maximum Gasteiger partial charge on any atom is 0.257 e. The lowest BCUT2D eigenvalue weighted by molar-refractivity contribution is 0.0934. The van der Waals surface area contributed by atoms with Gasteiger partial charge in [-0.1, -0.05) is 30.4 Å². The highest BCUT2D eigenvalue weighted by atomic mass is 16.3. The number of hydrogen-bond acceptors (Lipinski definition) is 5. The van der Waals surface area contributed by atoms with Crippen molar-refractivity contribution in [3.8, 4) is 5.88 Å². The zero-order valence-corrected chi connectivity index (χ0v) is 14.4. The summed E-state index contributed by atoms with van der Waals surface area (Å²) < 4.78 is 0. The van der Waals surface area contributed by atoms with Crippen LogP contribution < -0.4 is 15.8 Å². The number of amides is 1. The van der Waals surface area contributed by atoms with Crippen LogP contribution in [0.15, 0.2) is 66.5 Å². The Morgan fingerprint density at radius 2 is 2.15 bits per heavy atom. The number of rotatable bonds is 3. The molecule has 2 aliphatic rings. The average molecular weight is 348 g/mol. The molecule has 0 radical (unpaired) electrons. The number of aromatic nitrogens is 1. The average Bonchev–Trinajstić information content (AvgIpc) is 3.07. The third-order valence-corrected chi connectivity index (χ3v) is 4.81. The van der Waals surface area contributed by atoms with Gasteiger partial charge in [-0.2, -0.15) is 0 Å². The monoisotopic (exact) mass is 348 g/mol. The summed E-state index contributed by atoms with van der Waals surface area (Å²) in [5, 5.41) is 14.9. The van der Waals surface area contributed by atoms with Crippen LogP contribution in [0.1, 0.15) is 15.9 Å². The fourth-order valence-electron chi connectivity index (χ4n) is 3.46. The Balaban J connectivity index is 1.55. The molecule has 2 heterocycles. The molecule has 1 aromatic heterocycles. The molecule has 1 fully saturated rings. The molecule has 2 aromatic rings. The SMILES string of the molecule is Cc1ccccc1N1NCC2C1=CC=C[C@H]2NC(=O)c1cccnc1O. The molecule has 1 aromatic carbocycles. The first-order chi connectivity index (χ1) is 12.6. The molecule has 1 aliphatic heterocycles. The van der Waals surface area contributed by atoms with Crippen molar-refractivity contribution < 1.29 is 9.90 Å². The summed E-state index contributed by atoms with van der Waals surface area (Å²) in [5.74, 6) is -0.477. The molecule has 2 atom stereocenters. The Kier molecular flexibility index (Phi) is 4.18. The van der Waals surface area contributed by atoms with Gasteiger partial charge in [0.2, 0.25) is 5.88 Å². The number of allylic oxidation sites excluding steroid dienone is 2. The first-order valence-electron chi connectivity index (χ1n) is 8.57. The van der Waals surface area contributed by atoms with Crippen molar-refractivity contribution in [1.29, 1.82) is 0 Å². The number of para-hydroxylation sites is 1. The summed E-state index contributed by atoms with van der Waals surface area (Å²) in [6.45, 7) is 2.79. The first kappa shape index (κ1) is 16.4. The number of fused-ring (bicyclic) bond motifs is 1. The van der Waals surface area contributed by atoms with E-state index < -0.39 is 0 Å². The number of hydrazine groups is 1. The van der Waals surface area contributed by atoms with Gasteiger partial charge in [-0.3, -0.25) is 9.80 Å². The molecule has 3 N–H and O–H groups in total. The second-order valence-corrected chi connectivity index (χ2v) is 6.44. The van der Waals surface area contributed by atoms with Gasteiger partial charge in [-0.05, 0) is 36.8 Å². The van der Waals surface area contributed by atoms with Gasteiger partial charge in [-0.25, -0.2) is 10.4 Å². The van der Waals surface area contributed by atoms with Gasteiger partial charge in [0.15, 0.2) is 0 Å². The van der Waals surface area contributed by atoms with E-state index in [1.807, 2.05) is 24.3 Å². The van der Waals surface area contributed by atoms with Crippen molar-refractivity contribution in [3.05, 3.63) is 77.6 Å². The van der Waals surface area contributed by atoms with E-state index in [0.29, 0.717) is 6.54 Å². The fourth-order valence-corrected chi connectivity index (χ4v) is 3.46. The van der Waals surface area contributed by atoms with Crippen LogP contribution in [0, 0.1) is 12.8 Å². The van der Waals surface area contributed by atoms with Crippen LogP contribution in [0.4, 0.5) is 5.69 Å². The van der Waals surface area contributed by atoms with Crippen LogP contribution >= 0.6 is 0 Å². The van der Waals surface area contributed by atoms with Crippen LogP contribution in [-0.2, 0) is 0 Å². The molecule has 132 valence electrons. The molecule has 6 nitrogen and oxygen atoms in total. The first-order valence-corrected chi connectivity index (χ1v) is 8.57. The van der Waals surface area contributed by atoms with Gasteiger partial charge in [0.1, 0.15) is 5.56 Å². The molecule has 1 aliphatic carbocycles. The Morgan fingerprint density at radius 1 is 1.31 bits per heavy atom. The predicted molar refractivity (Wildman–Crippen MR) is 99.5 cm³/mol. The molecule has 0 bridgehead atoms. The predicted octanol–water partition coefficient (Wildman–Crippen LogP) is 2.29. The Hall–Kier alpha value is -3.12.